The van der Waals surface area contributed by atoms with Crippen molar-refractivity contribution < 1.29 is 18.9 Å². The van der Waals surface area contributed by atoms with Gasteiger partial charge in [0.15, 0.2) is 23.0 Å². The van der Waals surface area contributed by atoms with Gasteiger partial charge in [0.05, 0.1) is 31.4 Å². The Kier molecular flexibility index (Phi) is 4.39. The molecule has 0 bridgehead atoms. The molecule has 1 aliphatic heterocycles. The molecule has 1 aliphatic rings. The minimum atomic E-state index is -0.0938. The van der Waals surface area contributed by atoms with Crippen LogP contribution in [-0.2, 0) is 13.1 Å². The van der Waals surface area contributed by atoms with Crippen molar-refractivity contribution in [2.24, 2.45) is 0 Å². The lowest BCUT2D eigenvalue weighted by molar-refractivity contribution is 0.174. The van der Waals surface area contributed by atoms with Gasteiger partial charge in [-0.25, -0.2) is 4.98 Å². The van der Waals surface area contributed by atoms with Crippen molar-refractivity contribution in [3.8, 4) is 23.0 Å². The first-order valence-electron chi connectivity index (χ1n) is 10.6. The maximum Gasteiger partial charge on any atom is 0.259 e. The first kappa shape index (κ1) is 19.5. The molecular weight excluding hydrogens is 422 g/mol. The quantitative estimate of drug-likeness (QED) is 0.383. The summed E-state index contributed by atoms with van der Waals surface area (Å²) in [7, 11) is 3.16. The van der Waals surface area contributed by atoms with Crippen LogP contribution in [0.1, 0.15) is 0 Å². The highest BCUT2D eigenvalue weighted by Crippen LogP contribution is 2.41. The number of fused-ring (bicyclic) bond motifs is 6. The van der Waals surface area contributed by atoms with Crippen molar-refractivity contribution in [1.29, 1.82) is 0 Å². The Bertz CT molecular complexity index is 1590. The summed E-state index contributed by atoms with van der Waals surface area (Å²) in [5.41, 5.74) is 0.749. The number of pyridine rings is 1. The third-order valence-corrected chi connectivity index (χ3v) is 6.18. The topological polar surface area (TPSA) is 76.7 Å². The molecule has 0 saturated carbocycles. The number of ether oxygens (including phenoxy) is 4. The van der Waals surface area contributed by atoms with Gasteiger partial charge in [0.25, 0.3) is 5.56 Å². The number of hydrogen-bond donors (Lipinski definition) is 0. The van der Waals surface area contributed by atoms with Crippen molar-refractivity contribution in [2.75, 3.05) is 21.0 Å². The molecule has 3 aromatic carbocycles. The van der Waals surface area contributed by atoms with E-state index in [0.717, 1.165) is 27.1 Å². The van der Waals surface area contributed by atoms with Crippen LogP contribution in [0, 0.1) is 0 Å². The van der Waals surface area contributed by atoms with E-state index in [4.69, 9.17) is 18.9 Å². The molecule has 33 heavy (non-hydrogen) atoms. The van der Waals surface area contributed by atoms with Gasteiger partial charge in [0.1, 0.15) is 0 Å². The average Bonchev–Trinajstić information content (AvgIpc) is 3.53. The van der Waals surface area contributed by atoms with Gasteiger partial charge in [-0.15, -0.1) is 0 Å². The highest BCUT2D eigenvalue weighted by atomic mass is 16.7. The number of methoxy groups -OCH3 is 2. The third kappa shape index (κ3) is 2.98. The standard InChI is InChI=1S/C25H21N3O5/c1-30-20-11-18-16-4-3-15-9-22-23(33-14-32-22)10-17(15)24(16)28(8-7-27-6-5-26-13-27)25(29)19(18)12-21(20)31-2/h3-6,9-13H,7-8,14H2,1-2H3. The minimum Gasteiger partial charge on any atom is -0.493 e. The van der Waals surface area contributed by atoms with Crippen LogP contribution in [0.2, 0.25) is 0 Å². The fourth-order valence-electron chi connectivity index (χ4n) is 4.58. The summed E-state index contributed by atoms with van der Waals surface area (Å²) in [4.78, 5) is 17.9. The first-order chi connectivity index (χ1) is 16.2. The smallest absolute Gasteiger partial charge is 0.259 e. The molecule has 2 aromatic heterocycles. The summed E-state index contributed by atoms with van der Waals surface area (Å²) in [5, 5.41) is 4.23. The predicted molar refractivity (Wildman–Crippen MR) is 125 cm³/mol. The molecule has 8 nitrogen and oxygen atoms in total. The van der Waals surface area contributed by atoms with Gasteiger partial charge in [-0.1, -0.05) is 12.1 Å². The molecule has 0 spiro atoms. The van der Waals surface area contributed by atoms with Crippen LogP contribution in [0.15, 0.2) is 59.9 Å². The van der Waals surface area contributed by atoms with Gasteiger partial charge < -0.3 is 28.1 Å². The van der Waals surface area contributed by atoms with Gasteiger partial charge in [-0.05, 0) is 29.7 Å². The summed E-state index contributed by atoms with van der Waals surface area (Å²) >= 11 is 0. The molecule has 0 fully saturated rings. The molecule has 0 radical (unpaired) electrons. The third-order valence-electron chi connectivity index (χ3n) is 6.18. The molecule has 5 aromatic rings. The van der Waals surface area contributed by atoms with Crippen LogP contribution >= 0.6 is 0 Å². The van der Waals surface area contributed by atoms with Crippen molar-refractivity contribution >= 4 is 32.4 Å². The van der Waals surface area contributed by atoms with Crippen LogP contribution in [0.3, 0.4) is 0 Å². The molecule has 0 aliphatic carbocycles. The van der Waals surface area contributed by atoms with E-state index in [1.165, 1.54) is 0 Å². The monoisotopic (exact) mass is 443 g/mol. The van der Waals surface area contributed by atoms with Crippen LogP contribution in [0.5, 0.6) is 23.0 Å². The first-order valence-corrected chi connectivity index (χ1v) is 10.6. The maximum absolute atomic E-state index is 13.8. The molecule has 0 atom stereocenters. The van der Waals surface area contributed by atoms with Crippen molar-refractivity contribution in [3.63, 3.8) is 0 Å². The molecule has 6 rings (SSSR count). The van der Waals surface area contributed by atoms with Crippen LogP contribution in [0.4, 0.5) is 0 Å². The molecule has 0 saturated heterocycles. The van der Waals surface area contributed by atoms with Gasteiger partial charge in [-0.3, -0.25) is 4.79 Å². The van der Waals surface area contributed by atoms with E-state index in [-0.39, 0.29) is 12.4 Å². The Morgan fingerprint density at radius 1 is 0.909 bits per heavy atom. The zero-order valence-electron chi connectivity index (χ0n) is 18.2. The highest BCUT2D eigenvalue weighted by molar-refractivity contribution is 6.16. The number of nitrogens with zero attached hydrogens (tertiary/aromatic N) is 3. The minimum absolute atomic E-state index is 0.0938. The van der Waals surface area contributed by atoms with Gasteiger partial charge in [0, 0.05) is 41.6 Å². The number of benzene rings is 3. The summed E-state index contributed by atoms with van der Waals surface area (Å²) in [6.45, 7) is 1.27. The Labute approximate surface area is 188 Å². The van der Waals surface area contributed by atoms with E-state index in [9.17, 15) is 4.79 Å². The predicted octanol–water partition coefficient (Wildman–Crippen LogP) is 3.95. The second-order valence-corrected chi connectivity index (χ2v) is 7.90. The lowest BCUT2D eigenvalue weighted by Gasteiger charge is -2.17. The Morgan fingerprint density at radius 3 is 2.39 bits per heavy atom. The zero-order valence-corrected chi connectivity index (χ0v) is 18.2. The SMILES string of the molecule is COc1cc2c(=O)n(CCn3ccnc3)c3c4cc5c(cc4ccc3c2cc1OC)OCO5. The summed E-state index contributed by atoms with van der Waals surface area (Å²) in [6, 6.07) is 11.6. The Balaban J connectivity index is 1.72. The number of rotatable bonds is 5. The van der Waals surface area contributed by atoms with E-state index < -0.39 is 0 Å². The normalized spacial score (nSPS) is 12.7. The fraction of sp³-hybridized carbons (Fsp3) is 0.200. The Hall–Kier alpha value is -4.20. The van der Waals surface area contributed by atoms with E-state index in [0.29, 0.717) is 41.5 Å². The molecule has 0 N–H and O–H groups in total. The average molecular weight is 443 g/mol. The largest absolute Gasteiger partial charge is 0.493 e. The number of aryl methyl sites for hydroxylation is 2. The maximum atomic E-state index is 13.8. The summed E-state index contributed by atoms with van der Waals surface area (Å²) < 4.78 is 26.0. The van der Waals surface area contributed by atoms with Gasteiger partial charge >= 0.3 is 0 Å². The molecule has 3 heterocycles. The number of hydrogen-bond acceptors (Lipinski definition) is 6. The Morgan fingerprint density at radius 2 is 1.67 bits per heavy atom. The van der Waals surface area contributed by atoms with E-state index in [1.54, 1.807) is 32.8 Å². The van der Waals surface area contributed by atoms with Crippen molar-refractivity contribution in [3.05, 3.63) is 65.5 Å². The second kappa shape index (κ2) is 7.44. The van der Waals surface area contributed by atoms with Gasteiger partial charge in [0.2, 0.25) is 6.79 Å². The zero-order chi connectivity index (χ0) is 22.5. The summed E-state index contributed by atoms with van der Waals surface area (Å²) in [6.07, 6.45) is 5.37. The van der Waals surface area contributed by atoms with E-state index >= 15 is 0 Å². The molecule has 0 amide bonds. The number of aromatic nitrogens is 3. The van der Waals surface area contributed by atoms with Crippen molar-refractivity contribution in [2.45, 2.75) is 13.1 Å². The van der Waals surface area contributed by atoms with E-state index in [2.05, 4.69) is 4.98 Å². The van der Waals surface area contributed by atoms with Crippen LogP contribution in [0.25, 0.3) is 32.4 Å². The van der Waals surface area contributed by atoms with E-state index in [1.807, 2.05) is 45.7 Å². The molecular formula is C25H21N3O5. The highest BCUT2D eigenvalue weighted by Gasteiger charge is 2.20. The molecule has 166 valence electrons. The summed E-state index contributed by atoms with van der Waals surface area (Å²) in [5.74, 6) is 2.48. The van der Waals surface area contributed by atoms with Crippen LogP contribution in [-0.4, -0.2) is 35.1 Å². The fourth-order valence-corrected chi connectivity index (χ4v) is 4.58. The second-order valence-electron chi connectivity index (χ2n) is 7.90. The lowest BCUT2D eigenvalue weighted by Crippen LogP contribution is -2.23. The van der Waals surface area contributed by atoms with Gasteiger partial charge in [-0.2, -0.15) is 0 Å². The van der Waals surface area contributed by atoms with Crippen molar-refractivity contribution in [1.82, 2.24) is 14.1 Å². The van der Waals surface area contributed by atoms with Crippen LogP contribution < -0.4 is 24.5 Å². The lowest BCUT2D eigenvalue weighted by atomic mass is 10.00. The number of imidazole rings is 1. The molecule has 8 heteroatoms. The molecule has 0 unspecified atom stereocenters.